The maximum atomic E-state index is 12.6. The number of nitrogens with zero attached hydrogens (tertiary/aromatic N) is 1. The molecule has 0 aromatic heterocycles. The van der Waals surface area contributed by atoms with Gasteiger partial charge >= 0.3 is 17.8 Å². The first kappa shape index (κ1) is 24.1. The van der Waals surface area contributed by atoms with Crippen molar-refractivity contribution in [1.82, 2.24) is 4.31 Å². The van der Waals surface area contributed by atoms with Gasteiger partial charge in [0.15, 0.2) is 5.75 Å². The second-order valence-corrected chi connectivity index (χ2v) is 11.2. The third-order valence-electron chi connectivity index (χ3n) is 4.53. The highest BCUT2D eigenvalue weighted by atomic mass is 35.5. The number of halogens is 2. The fourth-order valence-corrected chi connectivity index (χ4v) is 5.70. The predicted octanol–water partition coefficient (Wildman–Crippen LogP) is 4.31. The highest BCUT2D eigenvalue weighted by Crippen LogP contribution is 2.44. The second-order valence-electron chi connectivity index (χ2n) is 7.06. The minimum Gasteiger partial charge on any atom is -0.506 e. The van der Waals surface area contributed by atoms with Crippen molar-refractivity contribution < 1.29 is 32.6 Å². The second kappa shape index (κ2) is 9.54. The molecule has 0 aliphatic carbocycles. The Labute approximate surface area is 189 Å². The van der Waals surface area contributed by atoms with E-state index < -0.39 is 24.0 Å². The molecule has 170 valence electrons. The minimum atomic E-state index is -4.31. The van der Waals surface area contributed by atoms with Crippen LogP contribution in [0.2, 0.25) is 10.0 Å². The minimum absolute atomic E-state index is 0.0134. The molecule has 1 heterocycles. The SMILES string of the molecule is O=P(O)(O)Cc1cc(Cl)c(Oc2ccc(O)c(NS(=O)(=O)N3CCCCC3)c2)c(Cl)c1. The van der Waals surface area contributed by atoms with E-state index in [4.69, 9.17) is 37.7 Å². The molecule has 0 spiro atoms. The molecule has 1 fully saturated rings. The average molecular weight is 511 g/mol. The Morgan fingerprint density at radius 2 is 1.68 bits per heavy atom. The molecular formula is C18H21Cl2N2O7PS. The Morgan fingerprint density at radius 3 is 2.26 bits per heavy atom. The summed E-state index contributed by atoms with van der Waals surface area (Å²) in [6.45, 7) is 0.803. The quantitative estimate of drug-likeness (QED) is 0.321. The summed E-state index contributed by atoms with van der Waals surface area (Å²) in [4.78, 5) is 18.2. The van der Waals surface area contributed by atoms with Crippen LogP contribution in [0.1, 0.15) is 24.8 Å². The van der Waals surface area contributed by atoms with E-state index in [0.717, 1.165) is 19.3 Å². The molecule has 13 heteroatoms. The van der Waals surface area contributed by atoms with E-state index in [1.54, 1.807) is 0 Å². The fourth-order valence-electron chi connectivity index (χ4n) is 3.13. The number of phenolic OH excluding ortho intramolecular Hbond substituents is 1. The van der Waals surface area contributed by atoms with Gasteiger partial charge in [-0.25, -0.2) is 0 Å². The Hall–Kier alpha value is -1.52. The standard InChI is InChI=1S/C18H21Cl2N2O7PS/c19-14-8-12(11-30(24,25)26)9-15(20)18(14)29-13-4-5-17(23)16(10-13)21-31(27,28)22-6-2-1-3-7-22/h4-5,8-10,21,23H,1-3,6-7,11H2,(H2,24,25,26). The van der Waals surface area contributed by atoms with E-state index in [2.05, 4.69) is 4.72 Å². The summed E-state index contributed by atoms with van der Waals surface area (Å²) in [5.41, 5.74) is 0.157. The van der Waals surface area contributed by atoms with Gasteiger partial charge in [0.1, 0.15) is 11.5 Å². The monoisotopic (exact) mass is 510 g/mol. The average Bonchev–Trinajstić information content (AvgIpc) is 2.66. The molecule has 0 saturated carbocycles. The van der Waals surface area contributed by atoms with Crippen molar-refractivity contribution in [3.63, 3.8) is 0 Å². The Kier molecular flexibility index (Phi) is 7.43. The molecule has 2 aromatic carbocycles. The topological polar surface area (TPSA) is 136 Å². The first-order valence-electron chi connectivity index (χ1n) is 9.26. The van der Waals surface area contributed by atoms with Crippen LogP contribution in [0.3, 0.4) is 0 Å². The molecule has 9 nitrogen and oxygen atoms in total. The normalized spacial score (nSPS) is 15.6. The van der Waals surface area contributed by atoms with Gasteiger partial charge < -0.3 is 19.6 Å². The van der Waals surface area contributed by atoms with Crippen molar-refractivity contribution in [3.8, 4) is 17.2 Å². The number of rotatable bonds is 7. The Bertz CT molecular complexity index is 1090. The van der Waals surface area contributed by atoms with E-state index >= 15 is 0 Å². The number of phenols is 1. The highest BCUT2D eigenvalue weighted by Gasteiger charge is 2.25. The van der Waals surface area contributed by atoms with E-state index in [-0.39, 0.29) is 38.5 Å². The van der Waals surface area contributed by atoms with Gasteiger partial charge in [-0.2, -0.15) is 12.7 Å². The van der Waals surface area contributed by atoms with Crippen molar-refractivity contribution >= 4 is 46.7 Å². The summed E-state index contributed by atoms with van der Waals surface area (Å²) in [6, 6.07) is 6.58. The lowest BCUT2D eigenvalue weighted by atomic mass is 10.2. The van der Waals surface area contributed by atoms with Crippen molar-refractivity contribution in [1.29, 1.82) is 0 Å². The summed E-state index contributed by atoms with van der Waals surface area (Å²) in [7, 11) is -8.15. The third-order valence-corrected chi connectivity index (χ3v) is 7.39. The van der Waals surface area contributed by atoms with Gasteiger partial charge in [0.05, 0.1) is 21.9 Å². The summed E-state index contributed by atoms with van der Waals surface area (Å²) >= 11 is 12.3. The van der Waals surface area contributed by atoms with Gasteiger partial charge in [-0.15, -0.1) is 0 Å². The van der Waals surface area contributed by atoms with Crippen LogP contribution in [0.15, 0.2) is 30.3 Å². The summed E-state index contributed by atoms with van der Waals surface area (Å²) in [5, 5.41) is 10.1. The zero-order valence-electron chi connectivity index (χ0n) is 16.2. The van der Waals surface area contributed by atoms with Crippen molar-refractivity contribution in [2.45, 2.75) is 25.4 Å². The van der Waals surface area contributed by atoms with Crippen LogP contribution in [0.5, 0.6) is 17.2 Å². The van der Waals surface area contributed by atoms with Gasteiger partial charge in [-0.1, -0.05) is 29.6 Å². The molecule has 0 bridgehead atoms. The molecule has 0 radical (unpaired) electrons. The zero-order chi connectivity index (χ0) is 22.8. The Balaban J connectivity index is 1.83. The van der Waals surface area contributed by atoms with Crippen molar-refractivity contribution in [2.24, 2.45) is 0 Å². The van der Waals surface area contributed by atoms with Gasteiger partial charge in [-0.05, 0) is 42.7 Å². The van der Waals surface area contributed by atoms with Crippen molar-refractivity contribution in [3.05, 3.63) is 45.9 Å². The smallest absolute Gasteiger partial charge is 0.329 e. The first-order chi connectivity index (χ1) is 14.4. The largest absolute Gasteiger partial charge is 0.506 e. The number of hydrogen-bond acceptors (Lipinski definition) is 5. The van der Waals surface area contributed by atoms with E-state index in [0.29, 0.717) is 13.1 Å². The number of benzene rings is 2. The number of hydrogen-bond donors (Lipinski definition) is 4. The maximum absolute atomic E-state index is 12.6. The fraction of sp³-hybridized carbons (Fsp3) is 0.333. The van der Waals surface area contributed by atoms with Crippen LogP contribution in [0.4, 0.5) is 5.69 Å². The van der Waals surface area contributed by atoms with E-state index in [9.17, 15) is 18.1 Å². The molecule has 0 amide bonds. The molecule has 0 unspecified atom stereocenters. The predicted molar refractivity (Wildman–Crippen MR) is 118 cm³/mol. The summed E-state index contributed by atoms with van der Waals surface area (Å²) in [5.74, 6) is -0.129. The van der Waals surface area contributed by atoms with Crippen LogP contribution in [0, 0.1) is 0 Å². The lowest BCUT2D eigenvalue weighted by Crippen LogP contribution is -2.39. The molecule has 2 aromatic rings. The van der Waals surface area contributed by atoms with E-state index in [1.807, 2.05) is 0 Å². The number of piperidine rings is 1. The summed E-state index contributed by atoms with van der Waals surface area (Å²) in [6.07, 6.45) is 1.97. The zero-order valence-corrected chi connectivity index (χ0v) is 19.4. The molecule has 4 N–H and O–H groups in total. The molecule has 1 aliphatic rings. The van der Waals surface area contributed by atoms with Gasteiger partial charge in [0.2, 0.25) is 0 Å². The number of anilines is 1. The van der Waals surface area contributed by atoms with Gasteiger partial charge in [-0.3, -0.25) is 9.29 Å². The molecule has 1 aliphatic heterocycles. The number of nitrogens with one attached hydrogen (secondary N) is 1. The summed E-state index contributed by atoms with van der Waals surface area (Å²) < 4.78 is 45.7. The van der Waals surface area contributed by atoms with Gasteiger partial charge in [0.25, 0.3) is 0 Å². The first-order valence-corrected chi connectivity index (χ1v) is 13.3. The lowest BCUT2D eigenvalue weighted by molar-refractivity contribution is 0.349. The van der Waals surface area contributed by atoms with Crippen LogP contribution in [-0.4, -0.2) is 40.7 Å². The van der Waals surface area contributed by atoms with Crippen LogP contribution in [0.25, 0.3) is 0 Å². The molecule has 1 saturated heterocycles. The highest BCUT2D eigenvalue weighted by molar-refractivity contribution is 7.90. The van der Waals surface area contributed by atoms with Crippen LogP contribution < -0.4 is 9.46 Å². The molecule has 3 rings (SSSR count). The molecular weight excluding hydrogens is 490 g/mol. The number of ether oxygens (including phenoxy) is 1. The van der Waals surface area contributed by atoms with Crippen LogP contribution >= 0.6 is 30.8 Å². The molecule has 0 atom stereocenters. The van der Waals surface area contributed by atoms with Crippen LogP contribution in [-0.2, 0) is 20.9 Å². The molecule has 31 heavy (non-hydrogen) atoms. The van der Waals surface area contributed by atoms with Gasteiger partial charge in [0, 0.05) is 19.2 Å². The van der Waals surface area contributed by atoms with Crippen molar-refractivity contribution in [2.75, 3.05) is 17.8 Å². The van der Waals surface area contributed by atoms with E-state index in [1.165, 1.54) is 34.6 Å². The maximum Gasteiger partial charge on any atom is 0.329 e. The third kappa shape index (κ3) is 6.49. The lowest BCUT2D eigenvalue weighted by Gasteiger charge is -2.26. The Morgan fingerprint density at radius 1 is 1.06 bits per heavy atom. The number of aromatic hydroxyl groups is 1.